The zero-order chi connectivity index (χ0) is 14.8. The van der Waals surface area contributed by atoms with Gasteiger partial charge in [0.15, 0.2) is 0 Å². The van der Waals surface area contributed by atoms with Crippen LogP contribution in [-0.2, 0) is 12.1 Å². The smallest absolute Gasteiger partial charge is 0.120 e. The number of hydrogen-bond donors (Lipinski definition) is 2. The van der Waals surface area contributed by atoms with Gasteiger partial charge in [-0.1, -0.05) is 45.8 Å². The first-order chi connectivity index (χ1) is 9.38. The van der Waals surface area contributed by atoms with Crippen LogP contribution in [0.2, 0.25) is 0 Å². The zero-order valence-electron chi connectivity index (χ0n) is 12.1. The number of halogens is 1. The molecule has 0 aliphatic carbocycles. The second-order valence-corrected chi connectivity index (χ2v) is 6.53. The Bertz CT molecular complexity index is 590. The lowest BCUT2D eigenvalue weighted by atomic mass is 9.94. The minimum atomic E-state index is -0.156. The van der Waals surface area contributed by atoms with Gasteiger partial charge in [-0.15, -0.1) is 0 Å². The molecule has 2 N–H and O–H groups in total. The number of phenols is 1. The molecule has 0 spiro atoms. The molecule has 2 aromatic carbocycles. The molecule has 0 radical (unpaired) electrons. The summed E-state index contributed by atoms with van der Waals surface area (Å²) in [6.07, 6.45) is 0. The molecule has 3 heteroatoms. The van der Waals surface area contributed by atoms with E-state index in [1.165, 1.54) is 5.56 Å². The van der Waals surface area contributed by atoms with E-state index in [9.17, 15) is 5.11 Å². The molecule has 2 nitrogen and oxygen atoms in total. The van der Waals surface area contributed by atoms with Gasteiger partial charge < -0.3 is 10.4 Å². The van der Waals surface area contributed by atoms with Crippen molar-refractivity contribution in [2.75, 3.05) is 0 Å². The van der Waals surface area contributed by atoms with Gasteiger partial charge in [0.05, 0.1) is 0 Å². The van der Waals surface area contributed by atoms with Gasteiger partial charge in [0.25, 0.3) is 0 Å². The molecule has 0 aliphatic heterocycles. The lowest BCUT2D eigenvalue weighted by molar-refractivity contribution is 0.392. The fourth-order valence-electron chi connectivity index (χ4n) is 2.14. The highest BCUT2D eigenvalue weighted by Gasteiger charge is 2.19. The highest BCUT2D eigenvalue weighted by Crippen LogP contribution is 2.24. The number of phenolic OH excluding ortho intramolecular Hbond substituents is 1. The van der Waals surface area contributed by atoms with Gasteiger partial charge in [-0.3, -0.25) is 0 Å². The Kier molecular flexibility index (Phi) is 4.51. The lowest BCUT2D eigenvalue weighted by Gasteiger charge is -2.27. The molecule has 0 bridgehead atoms. The van der Waals surface area contributed by atoms with Crippen LogP contribution in [-0.4, -0.2) is 5.11 Å². The molecule has 2 rings (SSSR count). The van der Waals surface area contributed by atoms with E-state index in [4.69, 9.17) is 0 Å². The second kappa shape index (κ2) is 5.98. The summed E-state index contributed by atoms with van der Waals surface area (Å²) in [6, 6.07) is 14.0. The van der Waals surface area contributed by atoms with E-state index in [1.54, 1.807) is 6.07 Å². The molecular weight excluding hydrogens is 314 g/mol. The SMILES string of the molecule is Cc1ccc(O)c(CNC(C)(C)c2ccc(Br)cc2)c1. The summed E-state index contributed by atoms with van der Waals surface area (Å²) in [5.74, 6) is 0.342. The minimum Gasteiger partial charge on any atom is -0.508 e. The van der Waals surface area contributed by atoms with Gasteiger partial charge in [-0.05, 0) is 44.5 Å². The monoisotopic (exact) mass is 333 g/mol. The van der Waals surface area contributed by atoms with Gasteiger partial charge >= 0.3 is 0 Å². The maximum Gasteiger partial charge on any atom is 0.120 e. The number of rotatable bonds is 4. The number of hydrogen-bond acceptors (Lipinski definition) is 2. The molecule has 2 aromatic rings. The molecule has 0 heterocycles. The van der Waals surface area contributed by atoms with Crippen molar-refractivity contribution in [3.8, 4) is 5.75 Å². The highest BCUT2D eigenvalue weighted by atomic mass is 79.9. The predicted molar refractivity (Wildman–Crippen MR) is 86.9 cm³/mol. The molecule has 0 aliphatic rings. The van der Waals surface area contributed by atoms with Crippen LogP contribution in [0.25, 0.3) is 0 Å². The maximum absolute atomic E-state index is 9.89. The molecule has 106 valence electrons. The van der Waals surface area contributed by atoms with Gasteiger partial charge in [-0.2, -0.15) is 0 Å². The average molecular weight is 334 g/mol. The number of benzene rings is 2. The fraction of sp³-hybridized carbons (Fsp3) is 0.294. The van der Waals surface area contributed by atoms with Gasteiger partial charge in [-0.25, -0.2) is 0 Å². The van der Waals surface area contributed by atoms with Crippen LogP contribution < -0.4 is 5.32 Å². The Labute approximate surface area is 129 Å². The molecule has 0 saturated heterocycles. The lowest BCUT2D eigenvalue weighted by Crippen LogP contribution is -2.35. The van der Waals surface area contributed by atoms with Gasteiger partial charge in [0.1, 0.15) is 5.75 Å². The largest absolute Gasteiger partial charge is 0.508 e. The Balaban J connectivity index is 2.12. The van der Waals surface area contributed by atoms with Crippen LogP contribution in [0.4, 0.5) is 0 Å². The molecule has 0 atom stereocenters. The third kappa shape index (κ3) is 3.62. The highest BCUT2D eigenvalue weighted by molar-refractivity contribution is 9.10. The van der Waals surface area contributed by atoms with Crippen LogP contribution in [0.3, 0.4) is 0 Å². The van der Waals surface area contributed by atoms with Gasteiger partial charge in [0, 0.05) is 22.1 Å². The molecule has 0 fully saturated rings. The molecule has 0 amide bonds. The molecular formula is C17H20BrNO. The number of aromatic hydroxyl groups is 1. The summed E-state index contributed by atoms with van der Waals surface area (Å²) >= 11 is 3.45. The standard InChI is InChI=1S/C17H20BrNO/c1-12-4-9-16(20)13(10-12)11-19-17(2,3)14-5-7-15(18)8-6-14/h4-10,19-20H,11H2,1-3H3. The van der Waals surface area contributed by atoms with Crippen LogP contribution in [0.1, 0.15) is 30.5 Å². The van der Waals surface area contributed by atoms with Crippen molar-refractivity contribution in [3.05, 3.63) is 63.6 Å². The Morgan fingerprint density at radius 2 is 1.75 bits per heavy atom. The number of nitrogens with one attached hydrogen (secondary N) is 1. The third-order valence-electron chi connectivity index (χ3n) is 3.52. The summed E-state index contributed by atoms with van der Waals surface area (Å²) in [5.41, 5.74) is 3.14. The summed E-state index contributed by atoms with van der Waals surface area (Å²) in [5, 5.41) is 13.4. The van der Waals surface area contributed by atoms with Crippen molar-refractivity contribution >= 4 is 15.9 Å². The van der Waals surface area contributed by atoms with Crippen LogP contribution in [0, 0.1) is 6.92 Å². The zero-order valence-corrected chi connectivity index (χ0v) is 13.7. The molecule has 20 heavy (non-hydrogen) atoms. The Morgan fingerprint density at radius 1 is 1.10 bits per heavy atom. The Morgan fingerprint density at radius 3 is 2.40 bits per heavy atom. The second-order valence-electron chi connectivity index (χ2n) is 5.62. The van der Waals surface area contributed by atoms with E-state index in [1.807, 2.05) is 31.2 Å². The van der Waals surface area contributed by atoms with E-state index in [-0.39, 0.29) is 5.54 Å². The van der Waals surface area contributed by atoms with Crippen molar-refractivity contribution < 1.29 is 5.11 Å². The summed E-state index contributed by atoms with van der Waals surface area (Å²) < 4.78 is 1.08. The van der Waals surface area contributed by atoms with Crippen LogP contribution >= 0.6 is 15.9 Å². The first kappa shape index (κ1) is 15.1. The molecule has 0 unspecified atom stereocenters. The maximum atomic E-state index is 9.89. The predicted octanol–water partition coefficient (Wildman–Crippen LogP) is 4.49. The summed E-state index contributed by atoms with van der Waals surface area (Å²) in [6.45, 7) is 6.95. The third-order valence-corrected chi connectivity index (χ3v) is 4.05. The van der Waals surface area contributed by atoms with E-state index < -0.39 is 0 Å². The van der Waals surface area contributed by atoms with E-state index in [0.717, 1.165) is 15.6 Å². The Hall–Kier alpha value is -1.32. The van der Waals surface area contributed by atoms with Crippen molar-refractivity contribution in [2.45, 2.75) is 32.9 Å². The normalized spacial score (nSPS) is 11.6. The minimum absolute atomic E-state index is 0.156. The van der Waals surface area contributed by atoms with E-state index in [0.29, 0.717) is 12.3 Å². The fourth-order valence-corrected chi connectivity index (χ4v) is 2.41. The van der Waals surface area contributed by atoms with Gasteiger partial charge in [0.2, 0.25) is 0 Å². The first-order valence-electron chi connectivity index (χ1n) is 6.68. The van der Waals surface area contributed by atoms with Crippen LogP contribution in [0.5, 0.6) is 5.75 Å². The quantitative estimate of drug-likeness (QED) is 0.864. The van der Waals surface area contributed by atoms with Crippen molar-refractivity contribution in [1.82, 2.24) is 5.32 Å². The van der Waals surface area contributed by atoms with E-state index in [2.05, 4.69) is 47.2 Å². The summed E-state index contributed by atoms with van der Waals surface area (Å²) in [7, 11) is 0. The van der Waals surface area contributed by atoms with Crippen molar-refractivity contribution in [3.63, 3.8) is 0 Å². The van der Waals surface area contributed by atoms with Crippen molar-refractivity contribution in [1.29, 1.82) is 0 Å². The first-order valence-corrected chi connectivity index (χ1v) is 7.47. The van der Waals surface area contributed by atoms with Crippen LogP contribution in [0.15, 0.2) is 46.9 Å². The summed E-state index contributed by atoms with van der Waals surface area (Å²) in [4.78, 5) is 0. The molecule has 0 aromatic heterocycles. The van der Waals surface area contributed by atoms with E-state index >= 15 is 0 Å². The van der Waals surface area contributed by atoms with Crippen molar-refractivity contribution in [2.24, 2.45) is 0 Å². The number of aryl methyl sites for hydroxylation is 1. The average Bonchev–Trinajstić information content (AvgIpc) is 2.40. The topological polar surface area (TPSA) is 32.3 Å². The molecule has 0 saturated carbocycles.